The summed E-state index contributed by atoms with van der Waals surface area (Å²) in [5.74, 6) is 0.545. The summed E-state index contributed by atoms with van der Waals surface area (Å²) in [7, 11) is 0. The van der Waals surface area contributed by atoms with E-state index in [0.29, 0.717) is 22.7 Å². The predicted octanol–water partition coefficient (Wildman–Crippen LogP) is 3.23. The first-order valence-electron chi connectivity index (χ1n) is 5.60. The monoisotopic (exact) mass is 320 g/mol. The van der Waals surface area contributed by atoms with E-state index in [1.165, 1.54) is 6.07 Å². The molecular weight excluding hydrogens is 308 g/mol. The third-order valence-electron chi connectivity index (χ3n) is 2.66. The highest BCUT2D eigenvalue weighted by atomic mass is 79.9. The molecule has 0 spiro atoms. The van der Waals surface area contributed by atoms with Gasteiger partial charge in [-0.05, 0) is 48.9 Å². The molecular formula is C14H13BrN2O2. The first-order valence-corrected chi connectivity index (χ1v) is 6.40. The zero-order valence-corrected chi connectivity index (χ0v) is 11.9. The first-order chi connectivity index (χ1) is 8.97. The molecule has 98 valence electrons. The summed E-state index contributed by atoms with van der Waals surface area (Å²) in [5.41, 5.74) is 12.9. The maximum absolute atomic E-state index is 11.1. The van der Waals surface area contributed by atoms with Crippen molar-refractivity contribution in [2.45, 2.75) is 6.92 Å². The van der Waals surface area contributed by atoms with Crippen molar-refractivity contribution in [2.75, 3.05) is 5.73 Å². The lowest BCUT2D eigenvalue weighted by atomic mass is 10.2. The van der Waals surface area contributed by atoms with Crippen LogP contribution in [0.3, 0.4) is 0 Å². The van der Waals surface area contributed by atoms with E-state index < -0.39 is 5.91 Å². The van der Waals surface area contributed by atoms with Gasteiger partial charge in [-0.15, -0.1) is 0 Å². The maximum Gasteiger partial charge on any atom is 0.248 e. The fourth-order valence-electron chi connectivity index (χ4n) is 1.58. The molecule has 0 fully saturated rings. The molecule has 0 aliphatic heterocycles. The number of anilines is 1. The number of carbonyl (C=O) groups excluding carboxylic acids is 1. The zero-order valence-electron chi connectivity index (χ0n) is 10.3. The lowest BCUT2D eigenvalue weighted by molar-refractivity contribution is 0.1000. The van der Waals surface area contributed by atoms with Crippen molar-refractivity contribution in [3.8, 4) is 11.5 Å². The highest BCUT2D eigenvalue weighted by Gasteiger charge is 2.08. The summed E-state index contributed by atoms with van der Waals surface area (Å²) in [4.78, 5) is 11.1. The topological polar surface area (TPSA) is 78.3 Å². The van der Waals surface area contributed by atoms with Crippen LogP contribution >= 0.6 is 15.9 Å². The van der Waals surface area contributed by atoms with Gasteiger partial charge in [-0.2, -0.15) is 0 Å². The second kappa shape index (κ2) is 5.32. The van der Waals surface area contributed by atoms with Gasteiger partial charge in [0.2, 0.25) is 5.91 Å². The molecule has 0 aromatic heterocycles. The Balaban J connectivity index is 2.34. The number of hydrogen-bond acceptors (Lipinski definition) is 3. The summed E-state index contributed by atoms with van der Waals surface area (Å²) in [5, 5.41) is 0. The third-order valence-corrected chi connectivity index (χ3v) is 3.55. The molecule has 4 N–H and O–H groups in total. The number of nitrogens with two attached hydrogens (primary N) is 2. The van der Waals surface area contributed by atoms with Gasteiger partial charge in [0.25, 0.3) is 0 Å². The van der Waals surface area contributed by atoms with E-state index in [1.54, 1.807) is 12.1 Å². The van der Waals surface area contributed by atoms with Gasteiger partial charge in [0, 0.05) is 10.0 Å². The molecule has 0 bridgehead atoms. The molecule has 19 heavy (non-hydrogen) atoms. The van der Waals surface area contributed by atoms with Crippen LogP contribution in [0.5, 0.6) is 11.5 Å². The summed E-state index contributed by atoms with van der Waals surface area (Å²) < 4.78 is 6.68. The zero-order chi connectivity index (χ0) is 14.0. The van der Waals surface area contributed by atoms with Crippen LogP contribution in [-0.4, -0.2) is 5.91 Å². The van der Waals surface area contributed by atoms with Crippen molar-refractivity contribution in [1.82, 2.24) is 0 Å². The van der Waals surface area contributed by atoms with Crippen LogP contribution < -0.4 is 16.2 Å². The fourth-order valence-corrected chi connectivity index (χ4v) is 1.83. The highest BCUT2D eigenvalue weighted by Crippen LogP contribution is 2.30. The van der Waals surface area contributed by atoms with Crippen molar-refractivity contribution < 1.29 is 9.53 Å². The molecule has 1 amide bonds. The molecule has 2 aromatic rings. The normalized spacial score (nSPS) is 10.2. The Morgan fingerprint density at radius 2 is 1.95 bits per heavy atom. The molecule has 0 aliphatic rings. The van der Waals surface area contributed by atoms with Gasteiger partial charge in [0.1, 0.15) is 5.75 Å². The van der Waals surface area contributed by atoms with Crippen LogP contribution in [-0.2, 0) is 0 Å². The minimum Gasteiger partial charge on any atom is -0.455 e. The van der Waals surface area contributed by atoms with Crippen molar-refractivity contribution in [2.24, 2.45) is 5.73 Å². The Morgan fingerprint density at radius 3 is 2.58 bits per heavy atom. The van der Waals surface area contributed by atoms with Gasteiger partial charge in [-0.1, -0.05) is 15.9 Å². The molecule has 0 saturated heterocycles. The Hall–Kier alpha value is -2.01. The lowest BCUT2D eigenvalue weighted by Crippen LogP contribution is -2.11. The average molecular weight is 321 g/mol. The molecule has 4 nitrogen and oxygen atoms in total. The average Bonchev–Trinajstić information content (AvgIpc) is 2.36. The van der Waals surface area contributed by atoms with Crippen LogP contribution in [0.15, 0.2) is 40.9 Å². The molecule has 2 rings (SSSR count). The summed E-state index contributed by atoms with van der Waals surface area (Å²) in [6, 6.07) is 10.3. The molecule has 0 unspecified atom stereocenters. The maximum atomic E-state index is 11.1. The highest BCUT2D eigenvalue weighted by molar-refractivity contribution is 9.10. The van der Waals surface area contributed by atoms with Gasteiger partial charge >= 0.3 is 0 Å². The van der Waals surface area contributed by atoms with Gasteiger partial charge in [0.15, 0.2) is 5.75 Å². The summed E-state index contributed by atoms with van der Waals surface area (Å²) >= 11 is 3.42. The van der Waals surface area contributed by atoms with Crippen molar-refractivity contribution in [1.29, 1.82) is 0 Å². The van der Waals surface area contributed by atoms with Crippen LogP contribution in [0, 0.1) is 6.92 Å². The minimum absolute atomic E-state index is 0.359. The molecule has 0 atom stereocenters. The summed E-state index contributed by atoms with van der Waals surface area (Å²) in [6.07, 6.45) is 0. The lowest BCUT2D eigenvalue weighted by Gasteiger charge is -2.10. The standard InChI is InChI=1S/C14H13BrN2O2/c1-8-6-10(3-4-11(8)15)19-13-7-9(14(17)18)2-5-12(13)16/h2-7H,16H2,1H3,(H2,17,18). The Bertz CT molecular complexity index is 641. The summed E-state index contributed by atoms with van der Waals surface area (Å²) in [6.45, 7) is 1.96. The van der Waals surface area contributed by atoms with E-state index >= 15 is 0 Å². The van der Waals surface area contributed by atoms with Crippen molar-refractivity contribution in [3.63, 3.8) is 0 Å². The van der Waals surface area contributed by atoms with E-state index in [4.69, 9.17) is 16.2 Å². The number of halogens is 1. The van der Waals surface area contributed by atoms with Gasteiger partial charge < -0.3 is 16.2 Å². The number of primary amides is 1. The van der Waals surface area contributed by atoms with Crippen molar-refractivity contribution >= 4 is 27.5 Å². The Morgan fingerprint density at radius 1 is 1.21 bits per heavy atom. The number of hydrogen-bond donors (Lipinski definition) is 2. The molecule has 0 radical (unpaired) electrons. The van der Waals surface area contributed by atoms with Gasteiger partial charge in [-0.3, -0.25) is 4.79 Å². The largest absolute Gasteiger partial charge is 0.455 e. The number of nitrogen functional groups attached to an aromatic ring is 1. The predicted molar refractivity (Wildman–Crippen MR) is 78.3 cm³/mol. The van der Waals surface area contributed by atoms with Crippen LogP contribution in [0.2, 0.25) is 0 Å². The van der Waals surface area contributed by atoms with E-state index in [2.05, 4.69) is 15.9 Å². The molecule has 5 heteroatoms. The number of amides is 1. The van der Waals surface area contributed by atoms with Crippen LogP contribution in [0.1, 0.15) is 15.9 Å². The smallest absolute Gasteiger partial charge is 0.248 e. The number of carbonyl (C=O) groups is 1. The first kappa shape index (κ1) is 13.4. The number of rotatable bonds is 3. The minimum atomic E-state index is -0.517. The van der Waals surface area contributed by atoms with E-state index in [9.17, 15) is 4.79 Å². The van der Waals surface area contributed by atoms with E-state index in [-0.39, 0.29) is 0 Å². The van der Waals surface area contributed by atoms with E-state index in [1.807, 2.05) is 25.1 Å². The number of benzene rings is 2. The van der Waals surface area contributed by atoms with Crippen molar-refractivity contribution in [3.05, 3.63) is 52.0 Å². The fraction of sp³-hybridized carbons (Fsp3) is 0.0714. The molecule has 0 heterocycles. The third kappa shape index (κ3) is 3.06. The molecule has 0 aliphatic carbocycles. The van der Waals surface area contributed by atoms with Crippen LogP contribution in [0.25, 0.3) is 0 Å². The molecule has 0 saturated carbocycles. The quantitative estimate of drug-likeness (QED) is 0.852. The van der Waals surface area contributed by atoms with E-state index in [0.717, 1.165) is 10.0 Å². The van der Waals surface area contributed by atoms with Gasteiger partial charge in [0.05, 0.1) is 5.69 Å². The van der Waals surface area contributed by atoms with Crippen LogP contribution in [0.4, 0.5) is 5.69 Å². The second-order valence-corrected chi connectivity index (χ2v) is 4.98. The van der Waals surface area contributed by atoms with Gasteiger partial charge in [-0.25, -0.2) is 0 Å². The molecule has 2 aromatic carbocycles. The number of aryl methyl sites for hydroxylation is 1. The Labute approximate surface area is 119 Å². The number of ether oxygens (including phenoxy) is 1. The second-order valence-electron chi connectivity index (χ2n) is 4.13. The Kier molecular flexibility index (Phi) is 3.76. The SMILES string of the molecule is Cc1cc(Oc2cc(C(N)=O)ccc2N)ccc1Br.